The van der Waals surface area contributed by atoms with Crippen LogP contribution in [0.2, 0.25) is 0 Å². The molecule has 0 aliphatic carbocycles. The van der Waals surface area contributed by atoms with Gasteiger partial charge in [0.05, 0.1) is 23.3 Å². The first kappa shape index (κ1) is 23.2. The molecule has 0 amide bonds. The van der Waals surface area contributed by atoms with Crippen LogP contribution in [0.25, 0.3) is 0 Å². The van der Waals surface area contributed by atoms with Crippen molar-refractivity contribution >= 4 is 21.7 Å². The number of esters is 1. The van der Waals surface area contributed by atoms with Gasteiger partial charge in [-0.1, -0.05) is 6.07 Å². The molecule has 0 saturated heterocycles. The van der Waals surface area contributed by atoms with Crippen molar-refractivity contribution < 1.29 is 31.5 Å². The third-order valence-corrected chi connectivity index (χ3v) is 6.64. The average molecular weight is 461 g/mol. The van der Waals surface area contributed by atoms with E-state index in [1.54, 1.807) is 19.9 Å². The lowest BCUT2D eigenvalue weighted by Gasteiger charge is -2.23. The van der Waals surface area contributed by atoms with Gasteiger partial charge in [-0.2, -0.15) is 0 Å². The molecule has 0 N–H and O–H groups in total. The summed E-state index contributed by atoms with van der Waals surface area (Å²) in [7, 11) is -2.75. The zero-order chi connectivity index (χ0) is 23.5. The molecule has 3 rings (SSSR count). The van der Waals surface area contributed by atoms with Gasteiger partial charge in [-0.05, 0) is 67.9 Å². The molecule has 9 heteroatoms. The summed E-state index contributed by atoms with van der Waals surface area (Å²) in [5, 5.41) is 0. The number of sulfonamides is 1. The minimum absolute atomic E-state index is 0.0486. The summed E-state index contributed by atoms with van der Waals surface area (Å²) in [6.45, 7) is 3.50. The van der Waals surface area contributed by atoms with Crippen molar-refractivity contribution in [2.24, 2.45) is 0 Å². The van der Waals surface area contributed by atoms with Gasteiger partial charge in [0.15, 0.2) is 11.6 Å². The Morgan fingerprint density at radius 2 is 1.59 bits per heavy atom. The van der Waals surface area contributed by atoms with Crippen molar-refractivity contribution in [2.45, 2.75) is 18.7 Å². The first-order valence-corrected chi connectivity index (χ1v) is 11.1. The molecule has 0 unspecified atom stereocenters. The van der Waals surface area contributed by atoms with Gasteiger partial charge in [-0.25, -0.2) is 22.0 Å². The van der Waals surface area contributed by atoms with Gasteiger partial charge in [0, 0.05) is 12.6 Å². The maximum absolute atomic E-state index is 13.4. The maximum Gasteiger partial charge on any atom is 0.338 e. The smallest absolute Gasteiger partial charge is 0.338 e. The topological polar surface area (TPSA) is 72.9 Å². The number of rotatable bonds is 7. The predicted molar refractivity (Wildman–Crippen MR) is 116 cm³/mol. The molecule has 0 atom stereocenters. The highest BCUT2D eigenvalue weighted by Crippen LogP contribution is 2.29. The largest absolute Gasteiger partial charge is 0.465 e. The van der Waals surface area contributed by atoms with Crippen LogP contribution < -0.4 is 9.04 Å². The quantitative estimate of drug-likeness (QED) is 0.460. The molecule has 0 aliphatic heterocycles. The molecule has 3 aromatic carbocycles. The van der Waals surface area contributed by atoms with Crippen molar-refractivity contribution in [3.63, 3.8) is 0 Å². The normalized spacial score (nSPS) is 11.2. The summed E-state index contributed by atoms with van der Waals surface area (Å²) in [6.07, 6.45) is 0. The van der Waals surface area contributed by atoms with Crippen molar-refractivity contribution in [3.05, 3.63) is 83.4 Å². The number of carbonyl (C=O) groups is 1. The predicted octanol–water partition coefficient (Wildman–Crippen LogP) is 5.07. The molecule has 168 valence electrons. The average Bonchev–Trinajstić information content (AvgIpc) is 2.77. The molecular weight excluding hydrogens is 440 g/mol. The number of hydrogen-bond donors (Lipinski definition) is 0. The number of ether oxygens (including phenoxy) is 2. The SMILES string of the molecule is CCN(c1ccc(Oc2ccc(F)c(F)c2)cc1)S(=O)(=O)c1ccc(C)c(C(=O)OC)c1. The van der Waals surface area contributed by atoms with E-state index in [0.29, 0.717) is 17.0 Å². The van der Waals surface area contributed by atoms with Crippen molar-refractivity contribution in [3.8, 4) is 11.5 Å². The monoisotopic (exact) mass is 461 g/mol. The third kappa shape index (κ3) is 4.72. The molecule has 0 aliphatic rings. The molecular formula is C23H21F2NO5S. The van der Waals surface area contributed by atoms with Gasteiger partial charge in [0.25, 0.3) is 10.0 Å². The van der Waals surface area contributed by atoms with Crippen LogP contribution in [0, 0.1) is 18.6 Å². The van der Waals surface area contributed by atoms with Crippen LogP contribution in [0.5, 0.6) is 11.5 Å². The van der Waals surface area contributed by atoms with E-state index in [1.165, 1.54) is 53.9 Å². The molecule has 0 saturated carbocycles. The van der Waals surface area contributed by atoms with Gasteiger partial charge in [-0.15, -0.1) is 0 Å². The highest BCUT2D eigenvalue weighted by atomic mass is 32.2. The summed E-state index contributed by atoms with van der Waals surface area (Å²) in [5.41, 5.74) is 1.13. The molecule has 32 heavy (non-hydrogen) atoms. The zero-order valence-electron chi connectivity index (χ0n) is 17.6. The zero-order valence-corrected chi connectivity index (χ0v) is 18.4. The van der Waals surface area contributed by atoms with E-state index in [2.05, 4.69) is 0 Å². The highest BCUT2D eigenvalue weighted by Gasteiger charge is 2.25. The van der Waals surface area contributed by atoms with Crippen LogP contribution in [0.15, 0.2) is 65.6 Å². The second-order valence-electron chi connectivity index (χ2n) is 6.81. The Balaban J connectivity index is 1.89. The number of carbonyl (C=O) groups excluding carboxylic acids is 1. The van der Waals surface area contributed by atoms with E-state index >= 15 is 0 Å². The van der Waals surface area contributed by atoms with E-state index in [9.17, 15) is 22.0 Å². The summed E-state index contributed by atoms with van der Waals surface area (Å²) >= 11 is 0. The fourth-order valence-electron chi connectivity index (χ4n) is 3.07. The number of halogens is 2. The fraction of sp³-hybridized carbons (Fsp3) is 0.174. The van der Waals surface area contributed by atoms with Crippen LogP contribution in [0.3, 0.4) is 0 Å². The van der Waals surface area contributed by atoms with Crippen LogP contribution >= 0.6 is 0 Å². The fourth-order valence-corrected chi connectivity index (χ4v) is 4.57. The number of anilines is 1. The van der Waals surface area contributed by atoms with Crippen LogP contribution in [0.1, 0.15) is 22.8 Å². The van der Waals surface area contributed by atoms with E-state index in [1.807, 2.05) is 0 Å². The standard InChI is InChI=1S/C23H21F2NO5S/c1-4-26(32(28,29)19-11-5-15(2)20(14-19)23(27)30-3)16-6-8-17(9-7-16)31-18-10-12-21(24)22(25)13-18/h5-14H,4H2,1-3H3. The first-order chi connectivity index (χ1) is 15.2. The van der Waals surface area contributed by atoms with Gasteiger partial charge in [0.2, 0.25) is 0 Å². The van der Waals surface area contributed by atoms with Crippen molar-refractivity contribution in [2.75, 3.05) is 18.0 Å². The maximum atomic E-state index is 13.4. The molecule has 6 nitrogen and oxygen atoms in total. The molecule has 0 heterocycles. The summed E-state index contributed by atoms with van der Waals surface area (Å²) in [5.74, 6) is -2.22. The van der Waals surface area contributed by atoms with E-state index in [4.69, 9.17) is 9.47 Å². The number of benzene rings is 3. The van der Waals surface area contributed by atoms with Gasteiger partial charge < -0.3 is 9.47 Å². The summed E-state index contributed by atoms with van der Waals surface area (Å²) in [4.78, 5) is 11.9. The number of nitrogens with zero attached hydrogens (tertiary/aromatic N) is 1. The Kier molecular flexibility index (Phi) is 6.78. The van der Waals surface area contributed by atoms with Gasteiger partial charge in [-0.3, -0.25) is 4.31 Å². The lowest BCUT2D eigenvalue weighted by atomic mass is 10.1. The molecule has 0 spiro atoms. The number of methoxy groups -OCH3 is 1. The molecule has 0 aromatic heterocycles. The minimum atomic E-state index is -3.97. The Bertz CT molecular complexity index is 1240. The van der Waals surface area contributed by atoms with Gasteiger partial charge in [0.1, 0.15) is 11.5 Å². The lowest BCUT2D eigenvalue weighted by molar-refractivity contribution is 0.0599. The number of hydrogen-bond acceptors (Lipinski definition) is 5. The first-order valence-electron chi connectivity index (χ1n) is 9.62. The second-order valence-corrected chi connectivity index (χ2v) is 8.67. The van der Waals surface area contributed by atoms with E-state index < -0.39 is 27.6 Å². The molecule has 0 radical (unpaired) electrons. The van der Waals surface area contributed by atoms with Crippen LogP contribution in [0.4, 0.5) is 14.5 Å². The Hall–Kier alpha value is -3.46. The molecule has 0 bridgehead atoms. The van der Waals surface area contributed by atoms with Crippen molar-refractivity contribution in [1.82, 2.24) is 0 Å². The van der Waals surface area contributed by atoms with Gasteiger partial charge >= 0.3 is 5.97 Å². The van der Waals surface area contributed by atoms with E-state index in [-0.39, 0.29) is 22.8 Å². The number of aryl methyl sites for hydroxylation is 1. The van der Waals surface area contributed by atoms with Crippen LogP contribution in [-0.2, 0) is 14.8 Å². The lowest BCUT2D eigenvalue weighted by Crippen LogP contribution is -2.31. The summed E-state index contributed by atoms with van der Waals surface area (Å²) in [6, 6.07) is 13.5. The molecule has 0 fully saturated rings. The Labute approximate surface area is 185 Å². The third-order valence-electron chi connectivity index (χ3n) is 4.74. The minimum Gasteiger partial charge on any atom is -0.465 e. The van der Waals surface area contributed by atoms with E-state index in [0.717, 1.165) is 12.1 Å². The Morgan fingerprint density at radius 1 is 0.938 bits per heavy atom. The summed E-state index contributed by atoms with van der Waals surface area (Å²) < 4.78 is 64.3. The molecule has 3 aromatic rings. The Morgan fingerprint density at radius 3 is 2.19 bits per heavy atom. The van der Waals surface area contributed by atoms with Crippen molar-refractivity contribution in [1.29, 1.82) is 0 Å². The highest BCUT2D eigenvalue weighted by molar-refractivity contribution is 7.92. The van der Waals surface area contributed by atoms with Crippen LogP contribution in [-0.4, -0.2) is 28.0 Å². The second kappa shape index (κ2) is 9.35.